The van der Waals surface area contributed by atoms with Crippen LogP contribution in [0, 0.1) is 0 Å². The minimum Gasteiger partial charge on any atom is -0.497 e. The first kappa shape index (κ1) is 19.4. The average Bonchev–Trinajstić information content (AvgIpc) is 3.13. The summed E-state index contributed by atoms with van der Waals surface area (Å²) in [7, 11) is 1.66. The van der Waals surface area contributed by atoms with Gasteiger partial charge >= 0.3 is 0 Å². The molecule has 27 heavy (non-hydrogen) atoms. The first-order chi connectivity index (χ1) is 13.1. The number of nitrogens with zero attached hydrogens (tertiary/aromatic N) is 3. The number of carbonyl (C=O) groups is 1. The molecule has 0 bridgehead atoms. The summed E-state index contributed by atoms with van der Waals surface area (Å²) in [5, 5.41) is 8.22. The Balaban J connectivity index is 1.48. The van der Waals surface area contributed by atoms with Crippen molar-refractivity contribution in [2.24, 2.45) is 0 Å². The molecule has 0 radical (unpaired) electrons. The van der Waals surface area contributed by atoms with Crippen molar-refractivity contribution in [3.8, 4) is 5.75 Å². The highest BCUT2D eigenvalue weighted by molar-refractivity contribution is 5.77. The number of carbonyl (C=O) groups excluding carboxylic acids is 1. The van der Waals surface area contributed by atoms with Crippen LogP contribution in [0.4, 0.5) is 0 Å². The second-order valence-corrected chi connectivity index (χ2v) is 7.37. The van der Waals surface area contributed by atoms with Crippen LogP contribution in [0.25, 0.3) is 0 Å². The standard InChI is InChI=1S/C21H29N3O3/c1-15-5-4-6-16(2)24(15)21(25)14-13-20-23-22-19(27-20)12-9-17-7-10-18(26-3)11-8-17/h7-8,10-11,15-16H,4-6,9,12-14H2,1-3H3/t15-,16+. The van der Waals surface area contributed by atoms with Gasteiger partial charge in [0, 0.05) is 31.3 Å². The Morgan fingerprint density at radius 2 is 1.70 bits per heavy atom. The van der Waals surface area contributed by atoms with E-state index in [0.717, 1.165) is 25.0 Å². The lowest BCUT2D eigenvalue weighted by Crippen LogP contribution is -2.47. The zero-order valence-electron chi connectivity index (χ0n) is 16.5. The van der Waals surface area contributed by atoms with E-state index in [9.17, 15) is 4.79 Å². The van der Waals surface area contributed by atoms with Crippen molar-refractivity contribution in [1.29, 1.82) is 0 Å². The predicted octanol–water partition coefficient (Wildman–Crippen LogP) is 3.59. The SMILES string of the molecule is COc1ccc(CCc2nnc(CCC(=O)N3[C@H](C)CCC[C@@H]3C)o2)cc1. The number of aromatic nitrogens is 2. The number of aryl methyl sites for hydroxylation is 3. The normalized spacial score (nSPS) is 19.9. The van der Waals surface area contributed by atoms with Gasteiger partial charge in [-0.25, -0.2) is 0 Å². The van der Waals surface area contributed by atoms with Crippen molar-refractivity contribution in [3.05, 3.63) is 41.6 Å². The molecular weight excluding hydrogens is 342 g/mol. The molecule has 1 saturated heterocycles. The van der Waals surface area contributed by atoms with E-state index in [-0.39, 0.29) is 5.91 Å². The Labute approximate surface area is 160 Å². The second-order valence-electron chi connectivity index (χ2n) is 7.37. The van der Waals surface area contributed by atoms with Gasteiger partial charge in [0.25, 0.3) is 0 Å². The predicted molar refractivity (Wildman–Crippen MR) is 103 cm³/mol. The van der Waals surface area contributed by atoms with Crippen LogP contribution >= 0.6 is 0 Å². The number of rotatable bonds is 7. The molecule has 2 aromatic rings. The molecule has 0 N–H and O–H groups in total. The summed E-state index contributed by atoms with van der Waals surface area (Å²) in [6, 6.07) is 8.62. The van der Waals surface area contributed by atoms with Gasteiger partial charge in [0.15, 0.2) is 0 Å². The molecule has 146 valence electrons. The molecule has 0 unspecified atom stereocenters. The van der Waals surface area contributed by atoms with E-state index in [1.807, 2.05) is 29.2 Å². The number of amides is 1. The van der Waals surface area contributed by atoms with Crippen molar-refractivity contribution >= 4 is 5.91 Å². The third kappa shape index (κ3) is 5.08. The Hall–Kier alpha value is -2.37. The van der Waals surface area contributed by atoms with E-state index >= 15 is 0 Å². The molecule has 2 atom stereocenters. The van der Waals surface area contributed by atoms with Crippen molar-refractivity contribution in [1.82, 2.24) is 15.1 Å². The molecule has 1 amide bonds. The Morgan fingerprint density at radius 1 is 1.07 bits per heavy atom. The highest BCUT2D eigenvalue weighted by Gasteiger charge is 2.28. The van der Waals surface area contributed by atoms with Crippen molar-refractivity contribution in [2.75, 3.05) is 7.11 Å². The number of ether oxygens (including phenoxy) is 1. The fourth-order valence-electron chi connectivity index (χ4n) is 3.79. The van der Waals surface area contributed by atoms with Crippen LogP contribution in [0.15, 0.2) is 28.7 Å². The third-order valence-electron chi connectivity index (χ3n) is 5.33. The largest absolute Gasteiger partial charge is 0.497 e. The smallest absolute Gasteiger partial charge is 0.223 e. The molecule has 3 rings (SSSR count). The summed E-state index contributed by atoms with van der Waals surface area (Å²) >= 11 is 0. The van der Waals surface area contributed by atoms with E-state index in [2.05, 4.69) is 24.0 Å². The van der Waals surface area contributed by atoms with E-state index in [1.54, 1.807) is 7.11 Å². The van der Waals surface area contributed by atoms with Crippen molar-refractivity contribution in [3.63, 3.8) is 0 Å². The maximum atomic E-state index is 12.6. The molecule has 1 aromatic heterocycles. The summed E-state index contributed by atoms with van der Waals surface area (Å²) in [6.07, 6.45) is 5.82. The molecule has 1 aliphatic rings. The van der Waals surface area contributed by atoms with Crippen molar-refractivity contribution < 1.29 is 13.9 Å². The van der Waals surface area contributed by atoms with Crippen LogP contribution in [-0.2, 0) is 24.1 Å². The van der Waals surface area contributed by atoms with Gasteiger partial charge in [-0.2, -0.15) is 0 Å². The fraction of sp³-hybridized carbons (Fsp3) is 0.571. The van der Waals surface area contributed by atoms with Gasteiger partial charge in [-0.1, -0.05) is 12.1 Å². The van der Waals surface area contributed by atoms with Gasteiger partial charge in [-0.05, 0) is 57.2 Å². The Bertz CT molecular complexity index is 731. The van der Waals surface area contributed by atoms with E-state index < -0.39 is 0 Å². The van der Waals surface area contributed by atoms with Crippen LogP contribution in [0.3, 0.4) is 0 Å². The number of benzene rings is 1. The summed E-state index contributed by atoms with van der Waals surface area (Å²) < 4.78 is 10.9. The van der Waals surface area contributed by atoms with Crippen LogP contribution in [0.5, 0.6) is 5.75 Å². The third-order valence-corrected chi connectivity index (χ3v) is 5.33. The number of likely N-dealkylation sites (tertiary alicyclic amines) is 1. The topological polar surface area (TPSA) is 68.5 Å². The summed E-state index contributed by atoms with van der Waals surface area (Å²) in [6.45, 7) is 4.27. The first-order valence-corrected chi connectivity index (χ1v) is 9.82. The number of hydrogen-bond donors (Lipinski definition) is 0. The fourth-order valence-corrected chi connectivity index (χ4v) is 3.79. The highest BCUT2D eigenvalue weighted by atomic mass is 16.5. The minimum atomic E-state index is 0.188. The quantitative estimate of drug-likeness (QED) is 0.744. The lowest BCUT2D eigenvalue weighted by Gasteiger charge is -2.39. The van der Waals surface area contributed by atoms with Crippen LogP contribution in [0.1, 0.15) is 56.9 Å². The summed E-state index contributed by atoms with van der Waals surface area (Å²) in [4.78, 5) is 14.6. The van der Waals surface area contributed by atoms with Gasteiger partial charge in [0.1, 0.15) is 5.75 Å². The number of methoxy groups -OCH3 is 1. The molecule has 1 aromatic carbocycles. The van der Waals surface area contributed by atoms with E-state index in [1.165, 1.54) is 12.0 Å². The second kappa shape index (κ2) is 9.02. The molecular formula is C21H29N3O3. The minimum absolute atomic E-state index is 0.188. The van der Waals surface area contributed by atoms with Crippen LogP contribution < -0.4 is 4.74 Å². The molecule has 2 heterocycles. The summed E-state index contributed by atoms with van der Waals surface area (Å²) in [5.41, 5.74) is 1.19. The molecule has 6 heteroatoms. The Morgan fingerprint density at radius 3 is 2.33 bits per heavy atom. The average molecular weight is 371 g/mol. The van der Waals surface area contributed by atoms with Gasteiger partial charge in [0.05, 0.1) is 7.11 Å². The number of piperidine rings is 1. The van der Waals surface area contributed by atoms with E-state index in [4.69, 9.17) is 9.15 Å². The maximum absolute atomic E-state index is 12.6. The van der Waals surface area contributed by atoms with Gasteiger partial charge in [-0.3, -0.25) is 4.79 Å². The lowest BCUT2D eigenvalue weighted by atomic mass is 9.97. The zero-order valence-corrected chi connectivity index (χ0v) is 16.5. The van der Waals surface area contributed by atoms with E-state index in [0.29, 0.717) is 43.1 Å². The Kier molecular flexibility index (Phi) is 6.48. The lowest BCUT2D eigenvalue weighted by molar-refractivity contribution is -0.137. The highest BCUT2D eigenvalue weighted by Crippen LogP contribution is 2.23. The van der Waals surface area contributed by atoms with Crippen molar-refractivity contribution in [2.45, 2.75) is 70.9 Å². The van der Waals surface area contributed by atoms with Gasteiger partial charge in [-0.15, -0.1) is 10.2 Å². The molecule has 6 nitrogen and oxygen atoms in total. The molecule has 1 fully saturated rings. The van der Waals surface area contributed by atoms with Crippen LogP contribution in [0.2, 0.25) is 0 Å². The van der Waals surface area contributed by atoms with Gasteiger partial charge in [0.2, 0.25) is 17.7 Å². The number of hydrogen-bond acceptors (Lipinski definition) is 5. The molecule has 0 saturated carbocycles. The monoisotopic (exact) mass is 371 g/mol. The van der Waals surface area contributed by atoms with Gasteiger partial charge < -0.3 is 14.1 Å². The molecule has 1 aliphatic heterocycles. The first-order valence-electron chi connectivity index (χ1n) is 9.82. The van der Waals surface area contributed by atoms with Crippen LogP contribution in [-0.4, -0.2) is 40.2 Å². The maximum Gasteiger partial charge on any atom is 0.223 e. The molecule has 0 aliphatic carbocycles. The molecule has 0 spiro atoms. The summed E-state index contributed by atoms with van der Waals surface area (Å²) in [5.74, 6) is 2.20. The zero-order chi connectivity index (χ0) is 19.2.